The Hall–Kier alpha value is 0.230. The number of hydrogen-bond donors (Lipinski definition) is 2. The van der Waals surface area contributed by atoms with Crippen LogP contribution in [0.2, 0.25) is 0 Å². The maximum absolute atomic E-state index is 9.83. The molecule has 0 aliphatic heterocycles. The molecule has 0 unspecified atom stereocenters. The first-order chi connectivity index (χ1) is 3.31. The van der Waals surface area contributed by atoms with Gasteiger partial charge in [0.15, 0.2) is 0 Å². The van der Waals surface area contributed by atoms with Gasteiger partial charge in [-0.2, -0.15) is 0 Å². The van der Waals surface area contributed by atoms with E-state index in [1.54, 1.807) is 6.92 Å². The molecule has 1 amide bonds. The van der Waals surface area contributed by atoms with Gasteiger partial charge in [0.1, 0.15) is 0 Å². The number of rotatable bonds is 1. The van der Waals surface area contributed by atoms with Crippen molar-refractivity contribution in [2.45, 2.75) is 6.92 Å². The molecule has 0 spiro atoms. The van der Waals surface area contributed by atoms with Crippen LogP contribution in [-0.2, 0) is 4.74 Å². The van der Waals surface area contributed by atoms with Gasteiger partial charge in [0.2, 0.25) is 0 Å². The predicted molar refractivity (Wildman–Crippen MR) is 27.7 cm³/mol. The Labute approximate surface area is 69.5 Å². The van der Waals surface area contributed by atoms with Gasteiger partial charge in [-0.25, -0.2) is 10.3 Å². The molecule has 0 heterocycles. The molecule has 0 aliphatic rings. The van der Waals surface area contributed by atoms with Gasteiger partial charge >= 0.3 is 6.09 Å². The van der Waals surface area contributed by atoms with E-state index < -0.39 is 6.09 Å². The summed E-state index contributed by atoms with van der Waals surface area (Å²) in [6.45, 7) is 1.92. The molecular formula is C3H7NNaO3. The van der Waals surface area contributed by atoms with E-state index in [4.69, 9.17) is 5.21 Å². The fraction of sp³-hybridized carbons (Fsp3) is 0.667. The van der Waals surface area contributed by atoms with Gasteiger partial charge in [-0.1, -0.05) is 0 Å². The largest absolute Gasteiger partial charge is 0.448 e. The minimum atomic E-state index is -0.817. The molecule has 5 heteroatoms. The van der Waals surface area contributed by atoms with Crippen LogP contribution in [0.4, 0.5) is 4.79 Å². The SMILES string of the molecule is CCOC(=O)NO.[Na]. The summed E-state index contributed by atoms with van der Waals surface area (Å²) < 4.78 is 4.19. The summed E-state index contributed by atoms with van der Waals surface area (Å²) in [7, 11) is 0. The van der Waals surface area contributed by atoms with Gasteiger partial charge in [-0.05, 0) is 6.92 Å². The van der Waals surface area contributed by atoms with Gasteiger partial charge in [-0.3, -0.25) is 5.21 Å². The van der Waals surface area contributed by atoms with Crippen molar-refractivity contribution in [3.8, 4) is 0 Å². The molecular weight excluding hydrogens is 121 g/mol. The summed E-state index contributed by atoms with van der Waals surface area (Å²) in [6.07, 6.45) is -0.817. The Morgan fingerprint density at radius 1 is 1.88 bits per heavy atom. The molecule has 0 aromatic heterocycles. The second-order valence-electron chi connectivity index (χ2n) is 0.832. The summed E-state index contributed by atoms with van der Waals surface area (Å²) in [6, 6.07) is 0. The quantitative estimate of drug-likeness (QED) is 0.290. The Kier molecular flexibility index (Phi) is 10.0. The second-order valence-corrected chi connectivity index (χ2v) is 0.832. The van der Waals surface area contributed by atoms with Crippen molar-refractivity contribution in [3.63, 3.8) is 0 Å². The van der Waals surface area contributed by atoms with Gasteiger partial charge < -0.3 is 4.74 Å². The molecule has 0 aromatic rings. The van der Waals surface area contributed by atoms with Crippen molar-refractivity contribution in [3.05, 3.63) is 0 Å². The van der Waals surface area contributed by atoms with Crippen LogP contribution in [0.15, 0.2) is 0 Å². The topological polar surface area (TPSA) is 58.6 Å². The first-order valence-corrected chi connectivity index (χ1v) is 1.88. The van der Waals surface area contributed by atoms with Crippen LogP contribution in [0.5, 0.6) is 0 Å². The third kappa shape index (κ3) is 6.23. The van der Waals surface area contributed by atoms with E-state index in [-0.39, 0.29) is 36.2 Å². The van der Waals surface area contributed by atoms with Crippen LogP contribution in [0.1, 0.15) is 6.92 Å². The zero-order valence-electron chi connectivity index (χ0n) is 4.97. The fourth-order valence-electron chi connectivity index (χ4n) is 0.163. The molecule has 0 rings (SSSR count). The summed E-state index contributed by atoms with van der Waals surface area (Å²) >= 11 is 0. The average Bonchev–Trinajstić information content (AvgIpc) is 1.68. The Bertz CT molecular complexity index is 67.5. The number of amides is 1. The number of carbonyl (C=O) groups is 1. The third-order valence-corrected chi connectivity index (χ3v) is 0.367. The van der Waals surface area contributed by atoms with Gasteiger partial charge in [0.05, 0.1) is 6.61 Å². The van der Waals surface area contributed by atoms with E-state index in [0.29, 0.717) is 0 Å². The van der Waals surface area contributed by atoms with Crippen molar-refractivity contribution >= 4 is 35.7 Å². The van der Waals surface area contributed by atoms with Crippen LogP contribution < -0.4 is 5.48 Å². The van der Waals surface area contributed by atoms with Crippen molar-refractivity contribution in [2.24, 2.45) is 0 Å². The summed E-state index contributed by atoms with van der Waals surface area (Å²) in [5, 5.41) is 7.74. The van der Waals surface area contributed by atoms with Crippen molar-refractivity contribution < 1.29 is 14.7 Å². The molecule has 2 N–H and O–H groups in total. The first-order valence-electron chi connectivity index (χ1n) is 1.88. The number of carbonyl (C=O) groups excluding carboxylic acids is 1. The molecule has 0 bridgehead atoms. The van der Waals surface area contributed by atoms with E-state index in [9.17, 15) is 4.79 Å². The van der Waals surface area contributed by atoms with Crippen LogP contribution in [0, 0.1) is 0 Å². The predicted octanol–water partition coefficient (Wildman–Crippen LogP) is -0.259. The minimum absolute atomic E-state index is 0. The van der Waals surface area contributed by atoms with Crippen molar-refractivity contribution in [2.75, 3.05) is 6.61 Å². The molecule has 0 fully saturated rings. The van der Waals surface area contributed by atoms with E-state index in [1.807, 2.05) is 0 Å². The number of hydroxylamine groups is 1. The molecule has 1 radical (unpaired) electrons. The summed E-state index contributed by atoms with van der Waals surface area (Å²) in [5.41, 5.74) is 1.30. The standard InChI is InChI=1S/C3H7NO3.Na/c1-2-7-3(5)4-6;/h6H,2H2,1H3,(H,4,5);. The number of hydrogen-bond acceptors (Lipinski definition) is 3. The molecule has 0 aliphatic carbocycles. The summed E-state index contributed by atoms with van der Waals surface area (Å²) in [5.74, 6) is 0. The van der Waals surface area contributed by atoms with Crippen LogP contribution in [0.3, 0.4) is 0 Å². The molecule has 0 saturated carbocycles. The van der Waals surface area contributed by atoms with E-state index >= 15 is 0 Å². The van der Waals surface area contributed by atoms with Crippen LogP contribution >= 0.6 is 0 Å². The minimum Gasteiger partial charge on any atom is -0.448 e. The van der Waals surface area contributed by atoms with Gasteiger partial charge in [0.25, 0.3) is 0 Å². The normalized spacial score (nSPS) is 6.75. The Morgan fingerprint density at radius 2 is 2.38 bits per heavy atom. The summed E-state index contributed by atoms with van der Waals surface area (Å²) in [4.78, 5) is 9.83. The zero-order chi connectivity index (χ0) is 5.70. The maximum atomic E-state index is 9.83. The van der Waals surface area contributed by atoms with Crippen LogP contribution in [0.25, 0.3) is 0 Å². The van der Waals surface area contributed by atoms with E-state index in [0.717, 1.165) is 0 Å². The number of nitrogens with one attached hydrogen (secondary N) is 1. The zero-order valence-corrected chi connectivity index (χ0v) is 6.97. The first kappa shape index (κ1) is 11.1. The van der Waals surface area contributed by atoms with E-state index in [2.05, 4.69) is 4.74 Å². The number of ether oxygens (including phenoxy) is 1. The van der Waals surface area contributed by atoms with E-state index in [1.165, 1.54) is 5.48 Å². The Balaban J connectivity index is 0. The van der Waals surface area contributed by atoms with Gasteiger partial charge in [-0.15, -0.1) is 0 Å². The monoisotopic (exact) mass is 128 g/mol. The maximum Gasteiger partial charge on any atom is 0.431 e. The average molecular weight is 128 g/mol. The molecule has 4 nitrogen and oxygen atoms in total. The smallest absolute Gasteiger partial charge is 0.431 e. The molecule has 0 saturated heterocycles. The molecule has 0 atom stereocenters. The second kappa shape index (κ2) is 7.23. The molecule has 0 aromatic carbocycles. The third-order valence-electron chi connectivity index (χ3n) is 0.367. The fourth-order valence-corrected chi connectivity index (χ4v) is 0.163. The Morgan fingerprint density at radius 3 is 2.50 bits per heavy atom. The van der Waals surface area contributed by atoms with Crippen molar-refractivity contribution in [1.29, 1.82) is 0 Å². The van der Waals surface area contributed by atoms with Crippen LogP contribution in [-0.4, -0.2) is 47.5 Å². The molecule has 43 valence electrons. The molecule has 8 heavy (non-hydrogen) atoms. The van der Waals surface area contributed by atoms with Gasteiger partial charge in [0, 0.05) is 29.6 Å². The van der Waals surface area contributed by atoms with Crippen molar-refractivity contribution in [1.82, 2.24) is 5.48 Å².